The summed E-state index contributed by atoms with van der Waals surface area (Å²) in [5.41, 5.74) is 4.09. The SMILES string of the molecule is COc1ccc(CCn2c(C)ccc2CN2C(=O)c3ccccc3C2=O)cc1OC. The molecule has 0 radical (unpaired) electrons. The summed E-state index contributed by atoms with van der Waals surface area (Å²) in [5, 5.41) is 0. The molecule has 1 aliphatic rings. The van der Waals surface area contributed by atoms with E-state index in [1.165, 1.54) is 4.90 Å². The van der Waals surface area contributed by atoms with Crippen molar-refractivity contribution in [2.45, 2.75) is 26.4 Å². The molecule has 0 N–H and O–H groups in total. The number of aryl methyl sites for hydroxylation is 2. The number of fused-ring (bicyclic) bond motifs is 1. The molecule has 4 rings (SSSR count). The van der Waals surface area contributed by atoms with Crippen molar-refractivity contribution < 1.29 is 19.1 Å². The van der Waals surface area contributed by atoms with Gasteiger partial charge in [-0.1, -0.05) is 18.2 Å². The van der Waals surface area contributed by atoms with E-state index in [-0.39, 0.29) is 18.4 Å². The summed E-state index contributed by atoms with van der Waals surface area (Å²) in [6.45, 7) is 3.01. The zero-order valence-corrected chi connectivity index (χ0v) is 17.3. The van der Waals surface area contributed by atoms with Crippen LogP contribution >= 0.6 is 0 Å². The molecule has 2 aromatic carbocycles. The topological polar surface area (TPSA) is 60.8 Å². The predicted molar refractivity (Wildman–Crippen MR) is 113 cm³/mol. The first-order valence-electron chi connectivity index (χ1n) is 9.84. The van der Waals surface area contributed by atoms with Gasteiger partial charge < -0.3 is 14.0 Å². The van der Waals surface area contributed by atoms with Crippen molar-refractivity contribution in [3.8, 4) is 11.5 Å². The van der Waals surface area contributed by atoms with Gasteiger partial charge >= 0.3 is 0 Å². The predicted octanol–water partition coefficient (Wildman–Crippen LogP) is 3.85. The molecule has 0 saturated heterocycles. The summed E-state index contributed by atoms with van der Waals surface area (Å²) in [7, 11) is 3.24. The molecular weight excluding hydrogens is 380 g/mol. The third-order valence-electron chi connectivity index (χ3n) is 5.56. The summed E-state index contributed by atoms with van der Waals surface area (Å²) in [6.07, 6.45) is 0.783. The molecule has 3 aromatic rings. The zero-order chi connectivity index (χ0) is 21.3. The zero-order valence-electron chi connectivity index (χ0n) is 17.3. The van der Waals surface area contributed by atoms with E-state index in [4.69, 9.17) is 9.47 Å². The molecule has 0 fully saturated rings. The maximum Gasteiger partial charge on any atom is 0.261 e. The highest BCUT2D eigenvalue weighted by Gasteiger charge is 2.35. The number of methoxy groups -OCH3 is 2. The van der Waals surface area contributed by atoms with Crippen LogP contribution in [-0.2, 0) is 19.5 Å². The molecule has 6 nitrogen and oxygen atoms in total. The quantitative estimate of drug-likeness (QED) is 0.561. The Morgan fingerprint density at radius 3 is 2.13 bits per heavy atom. The lowest BCUT2D eigenvalue weighted by atomic mass is 10.1. The Kier molecular flexibility index (Phi) is 5.31. The Morgan fingerprint density at radius 1 is 0.833 bits per heavy atom. The van der Waals surface area contributed by atoms with Crippen LogP contribution in [0.4, 0.5) is 0 Å². The number of amides is 2. The standard InChI is InChI=1S/C24H24N2O4/c1-16-8-10-18(15-26-23(27)19-6-4-5-7-20(19)24(26)28)25(16)13-12-17-9-11-21(29-2)22(14-17)30-3/h4-11,14H,12-13,15H2,1-3H3. The van der Waals surface area contributed by atoms with Crippen molar-refractivity contribution in [3.63, 3.8) is 0 Å². The third kappa shape index (κ3) is 3.45. The number of carbonyl (C=O) groups is 2. The van der Waals surface area contributed by atoms with Crippen LogP contribution in [0.2, 0.25) is 0 Å². The number of aromatic nitrogens is 1. The van der Waals surface area contributed by atoms with Gasteiger partial charge in [0, 0.05) is 17.9 Å². The van der Waals surface area contributed by atoms with E-state index in [9.17, 15) is 9.59 Å². The van der Waals surface area contributed by atoms with Crippen molar-refractivity contribution in [3.05, 3.63) is 82.7 Å². The molecular formula is C24H24N2O4. The van der Waals surface area contributed by atoms with Crippen molar-refractivity contribution in [2.24, 2.45) is 0 Å². The van der Waals surface area contributed by atoms with Crippen molar-refractivity contribution in [1.29, 1.82) is 0 Å². The number of benzene rings is 2. The number of imide groups is 1. The molecule has 30 heavy (non-hydrogen) atoms. The average molecular weight is 404 g/mol. The molecule has 0 bridgehead atoms. The normalized spacial score (nSPS) is 13.0. The van der Waals surface area contributed by atoms with Crippen LogP contribution in [0.3, 0.4) is 0 Å². The van der Waals surface area contributed by atoms with E-state index in [1.807, 2.05) is 37.3 Å². The van der Waals surface area contributed by atoms with E-state index < -0.39 is 0 Å². The lowest BCUT2D eigenvalue weighted by Crippen LogP contribution is -2.30. The van der Waals surface area contributed by atoms with Crippen LogP contribution < -0.4 is 9.47 Å². The molecule has 0 aliphatic carbocycles. The molecule has 0 atom stereocenters. The van der Waals surface area contributed by atoms with Crippen LogP contribution in [-0.4, -0.2) is 35.5 Å². The maximum absolute atomic E-state index is 12.7. The second kappa shape index (κ2) is 8.06. The van der Waals surface area contributed by atoms with Crippen LogP contribution in [0.15, 0.2) is 54.6 Å². The van der Waals surface area contributed by atoms with E-state index in [0.717, 1.165) is 29.9 Å². The van der Waals surface area contributed by atoms with E-state index in [0.29, 0.717) is 22.6 Å². The number of hydrogen-bond donors (Lipinski definition) is 0. The highest BCUT2D eigenvalue weighted by Crippen LogP contribution is 2.28. The van der Waals surface area contributed by atoms with Gasteiger partial charge in [-0.2, -0.15) is 0 Å². The van der Waals surface area contributed by atoms with Gasteiger partial charge in [-0.15, -0.1) is 0 Å². The van der Waals surface area contributed by atoms with Crippen molar-refractivity contribution in [1.82, 2.24) is 9.47 Å². The summed E-state index contributed by atoms with van der Waals surface area (Å²) in [4.78, 5) is 26.7. The smallest absolute Gasteiger partial charge is 0.261 e. The number of ether oxygens (including phenoxy) is 2. The van der Waals surface area contributed by atoms with E-state index in [1.54, 1.807) is 38.5 Å². The van der Waals surface area contributed by atoms with Crippen LogP contribution in [0, 0.1) is 6.92 Å². The monoisotopic (exact) mass is 404 g/mol. The summed E-state index contributed by atoms with van der Waals surface area (Å²) < 4.78 is 12.8. The molecule has 0 unspecified atom stereocenters. The fourth-order valence-corrected chi connectivity index (χ4v) is 3.90. The minimum absolute atomic E-state index is 0.235. The second-order valence-electron chi connectivity index (χ2n) is 7.30. The van der Waals surface area contributed by atoms with Crippen LogP contribution in [0.5, 0.6) is 11.5 Å². The van der Waals surface area contributed by atoms with Gasteiger partial charge in [0.05, 0.1) is 31.9 Å². The number of nitrogens with zero attached hydrogens (tertiary/aromatic N) is 2. The average Bonchev–Trinajstić information content (AvgIpc) is 3.24. The van der Waals surface area contributed by atoms with E-state index in [2.05, 4.69) is 4.57 Å². The first-order chi connectivity index (χ1) is 14.5. The second-order valence-corrected chi connectivity index (χ2v) is 7.30. The maximum atomic E-state index is 12.7. The lowest BCUT2D eigenvalue weighted by molar-refractivity contribution is 0.0638. The molecule has 1 aromatic heterocycles. The first-order valence-corrected chi connectivity index (χ1v) is 9.84. The van der Waals surface area contributed by atoms with E-state index >= 15 is 0 Å². The first kappa shape index (κ1) is 19.8. The highest BCUT2D eigenvalue weighted by molar-refractivity contribution is 6.21. The fourth-order valence-electron chi connectivity index (χ4n) is 3.90. The molecule has 0 saturated carbocycles. The molecule has 2 heterocycles. The summed E-state index contributed by atoms with van der Waals surface area (Å²) >= 11 is 0. The number of carbonyl (C=O) groups excluding carboxylic acids is 2. The Bertz CT molecular complexity index is 1080. The number of rotatable bonds is 7. The lowest BCUT2D eigenvalue weighted by Gasteiger charge is -2.17. The minimum atomic E-state index is -0.235. The fraction of sp³-hybridized carbons (Fsp3) is 0.250. The summed E-state index contributed by atoms with van der Waals surface area (Å²) in [6, 6.07) is 16.9. The molecule has 0 spiro atoms. The third-order valence-corrected chi connectivity index (χ3v) is 5.56. The minimum Gasteiger partial charge on any atom is -0.493 e. The van der Waals surface area contributed by atoms with Gasteiger partial charge in [0.25, 0.3) is 11.8 Å². The largest absolute Gasteiger partial charge is 0.493 e. The molecule has 2 amide bonds. The number of hydrogen-bond acceptors (Lipinski definition) is 4. The van der Waals surface area contributed by atoms with Crippen LogP contribution in [0.25, 0.3) is 0 Å². The van der Waals surface area contributed by atoms with Crippen molar-refractivity contribution in [2.75, 3.05) is 14.2 Å². The Balaban J connectivity index is 1.52. The Morgan fingerprint density at radius 2 is 1.50 bits per heavy atom. The van der Waals surface area contributed by atoms with Gasteiger partial charge in [0.1, 0.15) is 0 Å². The Hall–Kier alpha value is -3.54. The van der Waals surface area contributed by atoms with Gasteiger partial charge in [-0.25, -0.2) is 0 Å². The van der Waals surface area contributed by atoms with Gasteiger partial charge in [-0.05, 0) is 55.3 Å². The molecule has 6 heteroatoms. The van der Waals surface area contributed by atoms with Gasteiger partial charge in [0.15, 0.2) is 11.5 Å². The van der Waals surface area contributed by atoms with Gasteiger partial charge in [0.2, 0.25) is 0 Å². The molecule has 1 aliphatic heterocycles. The van der Waals surface area contributed by atoms with Gasteiger partial charge in [-0.3, -0.25) is 14.5 Å². The van der Waals surface area contributed by atoms with Crippen LogP contribution in [0.1, 0.15) is 37.7 Å². The Labute approximate surface area is 175 Å². The molecule has 154 valence electrons. The summed E-state index contributed by atoms with van der Waals surface area (Å²) in [5.74, 6) is 0.928. The highest BCUT2D eigenvalue weighted by atomic mass is 16.5. The van der Waals surface area contributed by atoms with Crippen molar-refractivity contribution >= 4 is 11.8 Å².